The molecular formula is C32H37Br2N3O5S2. The minimum atomic E-state index is -3.74. The Labute approximate surface area is 279 Å². The van der Waals surface area contributed by atoms with Crippen molar-refractivity contribution in [2.45, 2.75) is 71.7 Å². The summed E-state index contributed by atoms with van der Waals surface area (Å²) in [5.41, 5.74) is 1.61. The molecule has 1 aliphatic rings. The number of thiazole rings is 1. The lowest BCUT2D eigenvalue weighted by atomic mass is 9.91. The Kier molecular flexibility index (Phi) is 10.9. The molecule has 0 aliphatic carbocycles. The number of carbonyl (C=O) groups is 2. The predicted octanol–water partition coefficient (Wildman–Crippen LogP) is 5.48. The van der Waals surface area contributed by atoms with Crippen LogP contribution >= 0.6 is 43.2 Å². The summed E-state index contributed by atoms with van der Waals surface area (Å²) in [7, 11) is -3.74. The predicted molar refractivity (Wildman–Crippen MR) is 184 cm³/mol. The van der Waals surface area contributed by atoms with Gasteiger partial charge in [0.1, 0.15) is 11.2 Å². The Hall–Kier alpha value is -2.38. The van der Waals surface area contributed by atoms with E-state index in [1.807, 2.05) is 19.1 Å². The molecule has 1 aromatic heterocycles. The number of halogens is 2. The molecule has 44 heavy (non-hydrogen) atoms. The van der Waals surface area contributed by atoms with E-state index in [-0.39, 0.29) is 17.2 Å². The molecule has 1 saturated heterocycles. The monoisotopic (exact) mass is 765 g/mol. The normalized spacial score (nSPS) is 15.8. The highest BCUT2D eigenvalue weighted by Crippen LogP contribution is 2.27. The molecule has 1 N–H and O–H groups in total. The van der Waals surface area contributed by atoms with Crippen molar-refractivity contribution < 1.29 is 18.0 Å². The Bertz CT molecular complexity index is 1880. The van der Waals surface area contributed by atoms with E-state index in [0.717, 1.165) is 57.1 Å². The molecule has 2 aromatic carbocycles. The number of ketones is 1. The molecule has 3 aromatic rings. The zero-order valence-electron chi connectivity index (χ0n) is 25.5. The van der Waals surface area contributed by atoms with Crippen LogP contribution in [-0.2, 0) is 26.2 Å². The minimum Gasteiger partial charge on any atom is -0.324 e. The first-order valence-corrected chi connectivity index (χ1v) is 18.3. The number of sulfonamides is 1. The average molecular weight is 768 g/mol. The van der Waals surface area contributed by atoms with Gasteiger partial charge in [-0.15, -0.1) is 11.3 Å². The smallest absolute Gasteiger partial charge is 0.269 e. The number of nitrogens with zero attached hydrogens (tertiary/aromatic N) is 2. The van der Waals surface area contributed by atoms with Crippen LogP contribution in [0.2, 0.25) is 0 Å². The molecule has 1 amide bonds. The van der Waals surface area contributed by atoms with Gasteiger partial charge in [0.25, 0.3) is 5.56 Å². The fraction of sp³-hybridized carbons (Fsp3) is 0.406. The fourth-order valence-electron chi connectivity index (χ4n) is 4.76. The molecule has 1 fully saturated rings. The molecule has 236 valence electrons. The van der Waals surface area contributed by atoms with Gasteiger partial charge in [0, 0.05) is 39.2 Å². The minimum absolute atomic E-state index is 0.154. The number of anilines is 1. The quantitative estimate of drug-likeness (QED) is 0.343. The van der Waals surface area contributed by atoms with E-state index in [4.69, 9.17) is 0 Å². The molecule has 0 spiro atoms. The molecule has 0 radical (unpaired) electrons. The van der Waals surface area contributed by atoms with Gasteiger partial charge in [-0.3, -0.25) is 19.0 Å². The van der Waals surface area contributed by atoms with Gasteiger partial charge in [-0.1, -0.05) is 71.5 Å². The number of Topliss-reactive ketones (excluding diaryl/α,β-unsaturated/α-hetero) is 1. The number of rotatable bonds is 7. The van der Waals surface area contributed by atoms with E-state index in [9.17, 15) is 22.8 Å². The molecule has 4 rings (SSSR count). The highest BCUT2D eigenvalue weighted by molar-refractivity contribution is 9.11. The Balaban J connectivity index is 1.70. The van der Waals surface area contributed by atoms with E-state index in [2.05, 4.69) is 37.2 Å². The standard InChI is InChI=1S/C32H37Br2N3O5S2/c1-20-10-11-23(17-27(20)44(41,42)36-12-8-6-7-9-13-36)35-29(39)19-37-30(18-28(38)32(3,4)5)43-26(31(37)40)16-22-15-24(33)21(2)14-25(22)34/h10-11,14-18H,6-9,12-13,19H2,1-5H3,(H,35,39)/b26-16-,30-18+. The summed E-state index contributed by atoms with van der Waals surface area (Å²) in [5, 5.41) is 2.77. The Morgan fingerprint density at radius 2 is 1.64 bits per heavy atom. The number of aromatic nitrogens is 1. The number of carbonyl (C=O) groups excluding carboxylic acids is 2. The van der Waals surface area contributed by atoms with Gasteiger partial charge in [0.15, 0.2) is 5.78 Å². The van der Waals surface area contributed by atoms with E-state index in [0.29, 0.717) is 33.5 Å². The number of amides is 1. The van der Waals surface area contributed by atoms with Crippen molar-refractivity contribution in [3.63, 3.8) is 0 Å². The van der Waals surface area contributed by atoms with Gasteiger partial charge in [-0.05, 0) is 73.7 Å². The summed E-state index contributed by atoms with van der Waals surface area (Å²) in [6.45, 7) is 9.66. The van der Waals surface area contributed by atoms with Crippen LogP contribution in [-0.4, -0.2) is 42.1 Å². The van der Waals surface area contributed by atoms with Crippen molar-refractivity contribution in [3.05, 3.63) is 75.5 Å². The first-order valence-electron chi connectivity index (χ1n) is 14.4. The number of hydrogen-bond donors (Lipinski definition) is 1. The van der Waals surface area contributed by atoms with Crippen LogP contribution in [0.15, 0.2) is 49.0 Å². The highest BCUT2D eigenvalue weighted by atomic mass is 79.9. The van der Waals surface area contributed by atoms with Crippen LogP contribution in [0.4, 0.5) is 5.69 Å². The summed E-state index contributed by atoms with van der Waals surface area (Å²) in [6, 6.07) is 8.63. The van der Waals surface area contributed by atoms with Crippen LogP contribution in [0, 0.1) is 19.3 Å². The molecule has 8 nitrogen and oxygen atoms in total. The van der Waals surface area contributed by atoms with Crippen molar-refractivity contribution in [1.29, 1.82) is 0 Å². The summed E-state index contributed by atoms with van der Waals surface area (Å²) in [4.78, 5) is 40.0. The summed E-state index contributed by atoms with van der Waals surface area (Å²) in [6.07, 6.45) is 6.78. The van der Waals surface area contributed by atoms with Gasteiger partial charge >= 0.3 is 0 Å². The Morgan fingerprint density at radius 3 is 2.27 bits per heavy atom. The van der Waals surface area contributed by atoms with E-state index in [1.54, 1.807) is 45.9 Å². The first kappa shape index (κ1) is 34.5. The van der Waals surface area contributed by atoms with Crippen LogP contribution < -0.4 is 20.1 Å². The summed E-state index contributed by atoms with van der Waals surface area (Å²) >= 11 is 8.23. The maximum atomic E-state index is 13.6. The maximum Gasteiger partial charge on any atom is 0.269 e. The van der Waals surface area contributed by atoms with Crippen LogP contribution in [0.1, 0.15) is 63.1 Å². The third kappa shape index (κ3) is 8.06. The molecule has 2 heterocycles. The number of aryl methyl sites for hydroxylation is 2. The number of hydrogen-bond acceptors (Lipinski definition) is 6. The Morgan fingerprint density at radius 1 is 0.977 bits per heavy atom. The third-order valence-corrected chi connectivity index (χ3v) is 12.1. The topological polar surface area (TPSA) is 106 Å². The lowest BCUT2D eigenvalue weighted by Crippen LogP contribution is -2.36. The summed E-state index contributed by atoms with van der Waals surface area (Å²) < 4.78 is 32.2. The second-order valence-corrected chi connectivity index (χ2v) is 16.7. The zero-order chi connectivity index (χ0) is 32.4. The molecule has 12 heteroatoms. The average Bonchev–Trinajstić information content (AvgIpc) is 3.11. The van der Waals surface area contributed by atoms with Gasteiger partial charge in [-0.2, -0.15) is 4.31 Å². The highest BCUT2D eigenvalue weighted by Gasteiger charge is 2.27. The van der Waals surface area contributed by atoms with E-state index in [1.165, 1.54) is 21.0 Å². The van der Waals surface area contributed by atoms with Gasteiger partial charge in [0.2, 0.25) is 15.9 Å². The van der Waals surface area contributed by atoms with Gasteiger partial charge in [-0.25, -0.2) is 8.42 Å². The molecule has 0 atom stereocenters. The van der Waals surface area contributed by atoms with Crippen LogP contribution in [0.5, 0.6) is 0 Å². The maximum absolute atomic E-state index is 13.6. The molecule has 0 saturated carbocycles. The molecule has 0 bridgehead atoms. The third-order valence-electron chi connectivity index (χ3n) is 7.45. The number of nitrogens with one attached hydrogen (secondary N) is 1. The van der Waals surface area contributed by atoms with Crippen LogP contribution in [0.3, 0.4) is 0 Å². The van der Waals surface area contributed by atoms with Gasteiger partial charge in [0.05, 0.1) is 9.43 Å². The van der Waals surface area contributed by atoms with Crippen molar-refractivity contribution in [3.8, 4) is 0 Å². The largest absolute Gasteiger partial charge is 0.324 e. The van der Waals surface area contributed by atoms with Crippen molar-refractivity contribution in [2.24, 2.45) is 5.41 Å². The SMILES string of the molecule is Cc1cc(Br)c(/C=c2\s/c(=C/C(=O)C(C)(C)C)n(CC(=O)Nc3ccc(C)c(S(=O)(=O)N4CCCCCC4)c3)c2=O)cc1Br. The van der Waals surface area contributed by atoms with E-state index < -0.39 is 26.9 Å². The second-order valence-electron chi connectivity index (χ2n) is 12.1. The lowest BCUT2D eigenvalue weighted by molar-refractivity contribution is -0.120. The first-order chi connectivity index (χ1) is 20.6. The molecular weight excluding hydrogens is 730 g/mol. The molecule has 1 aliphatic heterocycles. The van der Waals surface area contributed by atoms with Gasteiger partial charge < -0.3 is 5.32 Å². The molecule has 0 unspecified atom stereocenters. The fourth-order valence-corrected chi connectivity index (χ4v) is 8.49. The van der Waals surface area contributed by atoms with E-state index >= 15 is 0 Å². The lowest BCUT2D eigenvalue weighted by Gasteiger charge is -2.21. The van der Waals surface area contributed by atoms with Crippen LogP contribution in [0.25, 0.3) is 12.2 Å². The second kappa shape index (κ2) is 13.9. The van der Waals surface area contributed by atoms with Crippen molar-refractivity contribution >= 4 is 82.7 Å². The zero-order valence-corrected chi connectivity index (χ0v) is 30.3. The van der Waals surface area contributed by atoms with Crippen molar-refractivity contribution in [1.82, 2.24) is 8.87 Å². The summed E-state index contributed by atoms with van der Waals surface area (Å²) in [5.74, 6) is -0.698. The van der Waals surface area contributed by atoms with Crippen molar-refractivity contribution in [2.75, 3.05) is 18.4 Å². The number of benzene rings is 2.